The van der Waals surface area contributed by atoms with Gasteiger partial charge in [-0.3, -0.25) is 0 Å². The monoisotopic (exact) mass is 426 g/mol. The van der Waals surface area contributed by atoms with Gasteiger partial charge in [-0.1, -0.05) is 12.1 Å². The van der Waals surface area contributed by atoms with Crippen molar-refractivity contribution < 1.29 is 9.18 Å². The lowest BCUT2D eigenvalue weighted by Gasteiger charge is -2.30. The first-order chi connectivity index (χ1) is 15.0. The molecule has 7 nitrogen and oxygen atoms in total. The van der Waals surface area contributed by atoms with Crippen LogP contribution in [0.1, 0.15) is 49.8 Å². The standard InChI is InChI=1S/C23H31FN6O/c1-30(2)21-17-7-3-5-9-19(17)27-22(29-21)25-15-11-13-16(14-12-15)26-23(31)28-20-10-6-4-8-18(20)24/h4,6,8,10,15-16H,3,5,7,9,11-14H2,1-2H3,(H,25,27,29)(H2,26,28,31). The number of hydrogen-bond donors (Lipinski definition) is 3. The van der Waals surface area contributed by atoms with E-state index in [4.69, 9.17) is 9.97 Å². The van der Waals surface area contributed by atoms with Crippen LogP contribution in [0, 0.1) is 5.82 Å². The number of aromatic nitrogens is 2. The third-order valence-corrected chi connectivity index (χ3v) is 6.10. The lowest BCUT2D eigenvalue weighted by atomic mass is 9.91. The highest BCUT2D eigenvalue weighted by molar-refractivity contribution is 5.89. The average Bonchev–Trinajstić information content (AvgIpc) is 2.76. The Morgan fingerprint density at radius 1 is 1.03 bits per heavy atom. The third kappa shape index (κ3) is 5.24. The highest BCUT2D eigenvalue weighted by Crippen LogP contribution is 2.29. The van der Waals surface area contributed by atoms with Crippen molar-refractivity contribution in [2.24, 2.45) is 0 Å². The zero-order valence-electron chi connectivity index (χ0n) is 18.2. The Bertz CT molecular complexity index is 926. The highest BCUT2D eigenvalue weighted by Gasteiger charge is 2.25. The predicted octanol–water partition coefficient (Wildman–Crippen LogP) is 4.11. The molecular formula is C23H31FN6O. The fourth-order valence-electron chi connectivity index (χ4n) is 4.48. The Hall–Kier alpha value is -2.90. The summed E-state index contributed by atoms with van der Waals surface area (Å²) < 4.78 is 13.7. The summed E-state index contributed by atoms with van der Waals surface area (Å²) in [5, 5.41) is 9.07. The number of amides is 2. The topological polar surface area (TPSA) is 82.2 Å². The number of hydrogen-bond acceptors (Lipinski definition) is 5. The largest absolute Gasteiger partial charge is 0.362 e. The first-order valence-corrected chi connectivity index (χ1v) is 11.2. The van der Waals surface area contributed by atoms with Gasteiger partial charge in [-0.25, -0.2) is 14.2 Å². The summed E-state index contributed by atoms with van der Waals surface area (Å²) in [4.78, 5) is 23.9. The van der Waals surface area contributed by atoms with Crippen molar-refractivity contribution in [1.82, 2.24) is 15.3 Å². The molecule has 31 heavy (non-hydrogen) atoms. The molecular weight excluding hydrogens is 395 g/mol. The maximum atomic E-state index is 13.7. The molecule has 1 aromatic heterocycles. The molecule has 0 bridgehead atoms. The lowest BCUT2D eigenvalue weighted by molar-refractivity contribution is 0.243. The molecule has 0 radical (unpaired) electrons. The maximum Gasteiger partial charge on any atom is 0.319 e. The van der Waals surface area contributed by atoms with Gasteiger partial charge in [-0.2, -0.15) is 4.98 Å². The molecule has 2 aliphatic rings. The number of carbonyl (C=O) groups is 1. The van der Waals surface area contributed by atoms with Crippen LogP contribution in [0.2, 0.25) is 0 Å². The van der Waals surface area contributed by atoms with E-state index in [2.05, 4.69) is 20.9 Å². The van der Waals surface area contributed by atoms with Crippen molar-refractivity contribution in [2.75, 3.05) is 29.6 Å². The van der Waals surface area contributed by atoms with E-state index < -0.39 is 5.82 Å². The summed E-state index contributed by atoms with van der Waals surface area (Å²) in [6.45, 7) is 0. The number of halogens is 1. The summed E-state index contributed by atoms with van der Waals surface area (Å²) in [5.74, 6) is 1.29. The fraction of sp³-hybridized carbons (Fsp3) is 0.522. The van der Waals surface area contributed by atoms with Crippen LogP contribution >= 0.6 is 0 Å². The van der Waals surface area contributed by atoms with Crippen molar-refractivity contribution >= 4 is 23.5 Å². The van der Waals surface area contributed by atoms with E-state index >= 15 is 0 Å². The van der Waals surface area contributed by atoms with Gasteiger partial charge in [0, 0.05) is 31.7 Å². The molecule has 2 aliphatic carbocycles. The van der Waals surface area contributed by atoms with E-state index in [1.807, 2.05) is 14.1 Å². The van der Waals surface area contributed by atoms with Crippen molar-refractivity contribution in [3.8, 4) is 0 Å². The summed E-state index contributed by atoms with van der Waals surface area (Å²) >= 11 is 0. The molecule has 1 fully saturated rings. The molecule has 3 N–H and O–H groups in total. The number of rotatable bonds is 5. The SMILES string of the molecule is CN(C)c1nc(NC2CCC(NC(=O)Nc3ccccc3F)CC2)nc2c1CCCC2. The highest BCUT2D eigenvalue weighted by atomic mass is 19.1. The summed E-state index contributed by atoms with van der Waals surface area (Å²) in [6.07, 6.45) is 8.00. The van der Waals surface area contributed by atoms with Crippen LogP contribution < -0.4 is 20.9 Å². The Labute approximate surface area is 182 Å². The van der Waals surface area contributed by atoms with Crippen LogP contribution in [-0.2, 0) is 12.8 Å². The van der Waals surface area contributed by atoms with Gasteiger partial charge in [0.1, 0.15) is 11.6 Å². The Morgan fingerprint density at radius 3 is 2.48 bits per heavy atom. The molecule has 0 saturated heterocycles. The zero-order chi connectivity index (χ0) is 21.8. The van der Waals surface area contributed by atoms with Crippen LogP contribution in [0.15, 0.2) is 24.3 Å². The van der Waals surface area contributed by atoms with Gasteiger partial charge >= 0.3 is 6.03 Å². The van der Waals surface area contributed by atoms with E-state index in [0.29, 0.717) is 5.95 Å². The zero-order valence-corrected chi connectivity index (χ0v) is 18.2. The summed E-state index contributed by atoms with van der Waals surface area (Å²) in [5.41, 5.74) is 2.65. The van der Waals surface area contributed by atoms with Gasteiger partial charge < -0.3 is 20.9 Å². The second-order valence-corrected chi connectivity index (χ2v) is 8.67. The second kappa shape index (κ2) is 9.49. The molecule has 1 aromatic carbocycles. The minimum absolute atomic E-state index is 0.0756. The van der Waals surface area contributed by atoms with Crippen LogP contribution in [0.25, 0.3) is 0 Å². The van der Waals surface area contributed by atoms with Gasteiger partial charge in [-0.15, -0.1) is 0 Å². The molecule has 8 heteroatoms. The molecule has 1 saturated carbocycles. The number of fused-ring (bicyclic) bond motifs is 1. The fourth-order valence-corrected chi connectivity index (χ4v) is 4.48. The molecule has 0 atom stereocenters. The number of para-hydroxylation sites is 1. The van der Waals surface area contributed by atoms with Crippen LogP contribution in [0.5, 0.6) is 0 Å². The summed E-state index contributed by atoms with van der Waals surface area (Å²) in [7, 11) is 4.06. The van der Waals surface area contributed by atoms with Gasteiger partial charge in [0.2, 0.25) is 5.95 Å². The maximum absolute atomic E-state index is 13.7. The number of urea groups is 1. The lowest BCUT2D eigenvalue weighted by Crippen LogP contribution is -2.42. The number of anilines is 3. The minimum Gasteiger partial charge on any atom is -0.362 e. The number of carbonyl (C=O) groups excluding carboxylic acids is 1. The van der Waals surface area contributed by atoms with Gasteiger partial charge in [0.25, 0.3) is 0 Å². The Balaban J connectivity index is 1.31. The molecule has 2 amide bonds. The van der Waals surface area contributed by atoms with Crippen molar-refractivity contribution in [2.45, 2.75) is 63.5 Å². The Morgan fingerprint density at radius 2 is 1.74 bits per heavy atom. The molecule has 0 spiro atoms. The van der Waals surface area contributed by atoms with Crippen molar-refractivity contribution in [3.63, 3.8) is 0 Å². The summed E-state index contributed by atoms with van der Waals surface area (Å²) in [6, 6.07) is 6.17. The van der Waals surface area contributed by atoms with E-state index in [9.17, 15) is 9.18 Å². The number of aryl methyl sites for hydroxylation is 1. The normalized spacial score (nSPS) is 20.5. The van der Waals surface area contributed by atoms with E-state index in [-0.39, 0.29) is 23.8 Å². The quantitative estimate of drug-likeness (QED) is 0.670. The first-order valence-electron chi connectivity index (χ1n) is 11.2. The average molecular weight is 427 g/mol. The molecule has 0 unspecified atom stereocenters. The number of nitrogens with zero attached hydrogens (tertiary/aromatic N) is 3. The van der Waals surface area contributed by atoms with Crippen molar-refractivity contribution in [3.05, 3.63) is 41.3 Å². The molecule has 166 valence electrons. The van der Waals surface area contributed by atoms with E-state index in [1.54, 1.807) is 18.2 Å². The molecule has 4 rings (SSSR count). The van der Waals surface area contributed by atoms with Gasteiger partial charge in [0.15, 0.2) is 0 Å². The number of benzene rings is 1. The molecule has 0 aliphatic heterocycles. The Kier molecular flexibility index (Phi) is 6.53. The van der Waals surface area contributed by atoms with Gasteiger partial charge in [0.05, 0.1) is 11.4 Å². The van der Waals surface area contributed by atoms with Crippen LogP contribution in [0.3, 0.4) is 0 Å². The van der Waals surface area contributed by atoms with E-state index in [0.717, 1.165) is 44.3 Å². The molecule has 1 heterocycles. The molecule has 2 aromatic rings. The first kappa shape index (κ1) is 21.3. The third-order valence-electron chi connectivity index (χ3n) is 6.10. The van der Waals surface area contributed by atoms with Crippen molar-refractivity contribution in [1.29, 1.82) is 0 Å². The van der Waals surface area contributed by atoms with Gasteiger partial charge in [-0.05, 0) is 63.5 Å². The van der Waals surface area contributed by atoms with Crippen LogP contribution in [0.4, 0.5) is 26.6 Å². The minimum atomic E-state index is -0.437. The van der Waals surface area contributed by atoms with E-state index in [1.165, 1.54) is 30.2 Å². The van der Waals surface area contributed by atoms with Crippen LogP contribution in [-0.4, -0.2) is 42.2 Å². The smallest absolute Gasteiger partial charge is 0.319 e. The predicted molar refractivity (Wildman–Crippen MR) is 121 cm³/mol. The number of nitrogens with one attached hydrogen (secondary N) is 3. The second-order valence-electron chi connectivity index (χ2n) is 8.67.